The first-order valence-electron chi connectivity index (χ1n) is 3.26. The van der Waals surface area contributed by atoms with Gasteiger partial charge in [0.15, 0.2) is 8.32 Å². The minimum atomic E-state index is -1.48. The smallest absolute Gasteiger partial charge is 0.393 e. The molecular formula is C6H17OSi2+. The summed E-state index contributed by atoms with van der Waals surface area (Å²) in [7, 11) is -2.77. The van der Waals surface area contributed by atoms with Crippen LogP contribution in [0.3, 0.4) is 0 Å². The van der Waals surface area contributed by atoms with Crippen LogP contribution in [0.5, 0.6) is 0 Å². The highest BCUT2D eigenvalue weighted by Crippen LogP contribution is 2.11. The van der Waals surface area contributed by atoms with Crippen LogP contribution in [0.15, 0.2) is 0 Å². The van der Waals surface area contributed by atoms with E-state index in [4.69, 9.17) is 4.12 Å². The fourth-order valence-corrected chi connectivity index (χ4v) is 7.46. The maximum Gasteiger partial charge on any atom is 0.393 e. The van der Waals surface area contributed by atoms with Gasteiger partial charge in [0, 0.05) is 6.55 Å². The Morgan fingerprint density at radius 1 is 1.00 bits per heavy atom. The third kappa shape index (κ3) is 8.26. The molecule has 0 atom stereocenters. The van der Waals surface area contributed by atoms with E-state index in [1.165, 1.54) is 0 Å². The highest BCUT2D eigenvalue weighted by molar-refractivity contribution is 6.85. The SMILES string of the molecule is [CH2+][Si](C)(C)O[Si](C)(C)C. The largest absolute Gasteiger partial charge is 0.422 e. The van der Waals surface area contributed by atoms with Crippen molar-refractivity contribution in [3.63, 3.8) is 0 Å². The van der Waals surface area contributed by atoms with Gasteiger partial charge < -0.3 is 4.12 Å². The van der Waals surface area contributed by atoms with Crippen molar-refractivity contribution in [2.45, 2.75) is 32.7 Å². The summed E-state index contributed by atoms with van der Waals surface area (Å²) in [5.41, 5.74) is 0. The molecule has 0 rings (SSSR count). The molecule has 0 fully saturated rings. The Hall–Kier alpha value is 0.264. The van der Waals surface area contributed by atoms with Crippen LogP contribution < -0.4 is 0 Å². The van der Waals surface area contributed by atoms with Gasteiger partial charge in [0.1, 0.15) is 0 Å². The van der Waals surface area contributed by atoms with E-state index in [0.717, 1.165) is 0 Å². The Morgan fingerprint density at radius 3 is 1.33 bits per heavy atom. The summed E-state index contributed by atoms with van der Waals surface area (Å²) in [6.07, 6.45) is 0. The molecule has 0 aliphatic rings. The molecule has 0 aromatic heterocycles. The zero-order valence-corrected chi connectivity index (χ0v) is 9.12. The summed E-state index contributed by atoms with van der Waals surface area (Å²) in [5, 5.41) is 0. The lowest BCUT2D eigenvalue weighted by Crippen LogP contribution is -2.40. The molecule has 0 saturated carbocycles. The van der Waals surface area contributed by atoms with E-state index in [1.54, 1.807) is 0 Å². The molecule has 0 unspecified atom stereocenters. The maximum atomic E-state index is 5.79. The average Bonchev–Trinajstić information content (AvgIpc) is 1.14. The van der Waals surface area contributed by atoms with E-state index in [9.17, 15) is 0 Å². The third-order valence-electron chi connectivity index (χ3n) is 0.582. The van der Waals surface area contributed by atoms with Gasteiger partial charge in [0.05, 0.1) is 0 Å². The highest BCUT2D eigenvalue weighted by Gasteiger charge is 2.32. The molecule has 0 radical (unpaired) electrons. The van der Waals surface area contributed by atoms with Gasteiger partial charge in [-0.15, -0.1) is 0 Å². The molecule has 0 amide bonds. The van der Waals surface area contributed by atoms with E-state index in [0.29, 0.717) is 0 Å². The third-order valence-corrected chi connectivity index (χ3v) is 5.24. The Bertz CT molecular complexity index is 76.2. The molecule has 0 heterocycles. The lowest BCUT2D eigenvalue weighted by Gasteiger charge is -2.21. The lowest BCUT2D eigenvalue weighted by molar-refractivity contribution is 0.564. The second kappa shape index (κ2) is 2.48. The first-order valence-corrected chi connectivity index (χ1v) is 9.79. The van der Waals surface area contributed by atoms with Gasteiger partial charge in [-0.2, -0.15) is 0 Å². The number of hydrogen-bond acceptors (Lipinski definition) is 1. The van der Waals surface area contributed by atoms with Crippen molar-refractivity contribution in [2.75, 3.05) is 0 Å². The van der Waals surface area contributed by atoms with E-state index in [1.807, 2.05) is 0 Å². The van der Waals surface area contributed by atoms with Crippen molar-refractivity contribution in [3.8, 4) is 0 Å². The van der Waals surface area contributed by atoms with Crippen LogP contribution in [0, 0.1) is 6.55 Å². The molecule has 0 N–H and O–H groups in total. The molecule has 54 valence electrons. The van der Waals surface area contributed by atoms with Gasteiger partial charge in [-0.25, -0.2) is 0 Å². The molecule has 0 aromatic rings. The molecule has 0 aliphatic carbocycles. The molecular weight excluding hydrogens is 144 g/mol. The summed E-state index contributed by atoms with van der Waals surface area (Å²) in [5.74, 6) is 0. The predicted octanol–water partition coefficient (Wildman–Crippen LogP) is 2.42. The van der Waals surface area contributed by atoms with Crippen molar-refractivity contribution in [2.24, 2.45) is 0 Å². The van der Waals surface area contributed by atoms with Crippen molar-refractivity contribution in [1.29, 1.82) is 0 Å². The first-order chi connectivity index (χ1) is 3.71. The number of rotatable bonds is 2. The zero-order valence-electron chi connectivity index (χ0n) is 7.12. The van der Waals surface area contributed by atoms with Gasteiger partial charge >= 0.3 is 8.32 Å². The summed E-state index contributed by atoms with van der Waals surface area (Å²) >= 11 is 0. The molecule has 3 heteroatoms. The second-order valence-electron chi connectivity index (χ2n) is 3.97. The van der Waals surface area contributed by atoms with Crippen LogP contribution in [-0.4, -0.2) is 16.6 Å². The van der Waals surface area contributed by atoms with E-state index in [2.05, 4.69) is 39.3 Å². The molecule has 0 aliphatic heterocycles. The second-order valence-corrected chi connectivity index (χ2v) is 12.5. The Labute approximate surface area is 60.7 Å². The van der Waals surface area contributed by atoms with Crippen LogP contribution in [0.25, 0.3) is 0 Å². The van der Waals surface area contributed by atoms with Crippen molar-refractivity contribution < 1.29 is 4.12 Å². The summed E-state index contributed by atoms with van der Waals surface area (Å²) in [4.78, 5) is 0. The Balaban J connectivity index is 3.75. The molecule has 0 spiro atoms. The predicted molar refractivity (Wildman–Crippen MR) is 47.3 cm³/mol. The summed E-state index contributed by atoms with van der Waals surface area (Å²) < 4.78 is 5.79. The fraction of sp³-hybridized carbons (Fsp3) is 0.833. The highest BCUT2D eigenvalue weighted by atomic mass is 28.4. The van der Waals surface area contributed by atoms with Gasteiger partial charge in [0.2, 0.25) is 0 Å². The molecule has 0 saturated heterocycles. The van der Waals surface area contributed by atoms with Gasteiger partial charge in [0.25, 0.3) is 0 Å². The standard InChI is InChI=1S/C6H17OSi2/c1-8(2,3)7-9(4,5)6/h1H2,2-6H3/q+1. The summed E-state index contributed by atoms with van der Waals surface area (Å²) in [6.45, 7) is 14.9. The molecule has 0 bridgehead atoms. The van der Waals surface area contributed by atoms with Crippen molar-refractivity contribution in [1.82, 2.24) is 0 Å². The number of hydrogen-bond donors (Lipinski definition) is 0. The average molecular weight is 161 g/mol. The maximum absolute atomic E-state index is 5.79. The minimum absolute atomic E-state index is 1.29. The van der Waals surface area contributed by atoms with Crippen LogP contribution in [-0.2, 0) is 4.12 Å². The topological polar surface area (TPSA) is 9.23 Å². The Kier molecular flexibility index (Phi) is 2.55. The van der Waals surface area contributed by atoms with E-state index >= 15 is 0 Å². The van der Waals surface area contributed by atoms with Crippen LogP contribution in [0.4, 0.5) is 0 Å². The van der Waals surface area contributed by atoms with Gasteiger partial charge in [-0.05, 0) is 32.7 Å². The van der Waals surface area contributed by atoms with Crippen molar-refractivity contribution >= 4 is 16.6 Å². The zero-order chi connectivity index (χ0) is 7.71. The van der Waals surface area contributed by atoms with Crippen LogP contribution in [0.2, 0.25) is 32.7 Å². The summed E-state index contributed by atoms with van der Waals surface area (Å²) in [6, 6.07) is 0. The van der Waals surface area contributed by atoms with Crippen LogP contribution >= 0.6 is 0 Å². The lowest BCUT2D eigenvalue weighted by atomic mass is 11.8. The quantitative estimate of drug-likeness (QED) is 0.446. The van der Waals surface area contributed by atoms with Gasteiger partial charge in [-0.1, -0.05) is 0 Å². The molecule has 1 nitrogen and oxygen atoms in total. The first kappa shape index (κ1) is 9.26. The van der Waals surface area contributed by atoms with E-state index < -0.39 is 16.6 Å². The van der Waals surface area contributed by atoms with Crippen molar-refractivity contribution in [3.05, 3.63) is 6.55 Å². The molecule has 9 heavy (non-hydrogen) atoms. The minimum Gasteiger partial charge on any atom is -0.422 e. The molecule has 0 aromatic carbocycles. The van der Waals surface area contributed by atoms with E-state index in [-0.39, 0.29) is 0 Å². The monoisotopic (exact) mass is 161 g/mol. The Morgan fingerprint density at radius 2 is 1.33 bits per heavy atom. The van der Waals surface area contributed by atoms with Crippen LogP contribution in [0.1, 0.15) is 0 Å². The fourth-order valence-electron chi connectivity index (χ4n) is 0.829. The normalized spacial score (nSPS) is 13.9. The van der Waals surface area contributed by atoms with Gasteiger partial charge in [-0.3, -0.25) is 0 Å².